The number of benzene rings is 1. The van der Waals surface area contributed by atoms with Gasteiger partial charge in [0.2, 0.25) is 0 Å². The molecule has 0 aliphatic heterocycles. The molecule has 0 nitrogen and oxygen atoms in total. The lowest BCUT2D eigenvalue weighted by atomic mass is 9.76. The number of fused-ring (bicyclic) bond motifs is 1. The number of unbranched alkanes of at least 4 members (excludes halogenated alkanes) is 2. The van der Waals surface area contributed by atoms with E-state index in [2.05, 4.69) is 38.1 Å². The minimum Gasteiger partial charge on any atom is -0.0654 e. The van der Waals surface area contributed by atoms with Crippen LogP contribution in [-0.4, -0.2) is 0 Å². The van der Waals surface area contributed by atoms with Gasteiger partial charge >= 0.3 is 0 Å². The predicted molar refractivity (Wildman–Crippen MR) is 113 cm³/mol. The Morgan fingerprint density at radius 1 is 0.692 bits per heavy atom. The van der Waals surface area contributed by atoms with E-state index < -0.39 is 0 Å². The van der Waals surface area contributed by atoms with Gasteiger partial charge in [-0.25, -0.2) is 0 Å². The average Bonchev–Trinajstić information content (AvgIpc) is 3.12. The van der Waals surface area contributed by atoms with Crippen molar-refractivity contribution < 1.29 is 0 Å². The van der Waals surface area contributed by atoms with Gasteiger partial charge in [0.15, 0.2) is 0 Å². The Morgan fingerprint density at radius 3 is 1.88 bits per heavy atom. The topological polar surface area (TPSA) is 0 Å². The van der Waals surface area contributed by atoms with E-state index in [-0.39, 0.29) is 0 Å². The maximum absolute atomic E-state index is 2.49. The first-order chi connectivity index (χ1) is 12.8. The Kier molecular flexibility index (Phi) is 6.07. The molecule has 3 aliphatic carbocycles. The average molecular weight is 353 g/mol. The van der Waals surface area contributed by atoms with Gasteiger partial charge in [0, 0.05) is 0 Å². The lowest BCUT2D eigenvalue weighted by molar-refractivity contribution is 0.303. The SMILES string of the molecule is CCCCCC1CCC(c2ccc(C3CC4C(CCC)C4C3)cc2)CC1. The molecule has 0 heteroatoms. The van der Waals surface area contributed by atoms with Gasteiger partial charge in [-0.05, 0) is 85.2 Å². The maximum Gasteiger partial charge on any atom is -0.0156 e. The molecule has 0 bridgehead atoms. The normalized spacial score (nSPS) is 36.1. The van der Waals surface area contributed by atoms with E-state index in [1.54, 1.807) is 11.1 Å². The van der Waals surface area contributed by atoms with Crippen LogP contribution in [0.3, 0.4) is 0 Å². The highest BCUT2D eigenvalue weighted by Crippen LogP contribution is 2.63. The molecule has 0 radical (unpaired) electrons. The summed E-state index contributed by atoms with van der Waals surface area (Å²) in [5, 5.41) is 0. The zero-order chi connectivity index (χ0) is 17.9. The molecule has 2 atom stereocenters. The van der Waals surface area contributed by atoms with Gasteiger partial charge < -0.3 is 0 Å². The molecule has 0 N–H and O–H groups in total. The van der Waals surface area contributed by atoms with E-state index in [0.717, 1.165) is 35.5 Å². The van der Waals surface area contributed by atoms with Gasteiger partial charge in [-0.3, -0.25) is 0 Å². The van der Waals surface area contributed by atoms with Crippen LogP contribution in [0.1, 0.15) is 114 Å². The smallest absolute Gasteiger partial charge is 0.0156 e. The van der Waals surface area contributed by atoms with Crippen LogP contribution in [0, 0.1) is 23.7 Å². The Hall–Kier alpha value is -0.780. The summed E-state index contributed by atoms with van der Waals surface area (Å²) in [4.78, 5) is 0. The second-order valence-electron chi connectivity index (χ2n) is 9.83. The number of rotatable bonds is 8. The van der Waals surface area contributed by atoms with E-state index >= 15 is 0 Å². The second-order valence-corrected chi connectivity index (χ2v) is 9.83. The molecule has 3 fully saturated rings. The first kappa shape index (κ1) is 18.6. The van der Waals surface area contributed by atoms with Gasteiger partial charge in [0.05, 0.1) is 0 Å². The van der Waals surface area contributed by atoms with Crippen LogP contribution in [-0.2, 0) is 0 Å². The highest BCUT2D eigenvalue weighted by atomic mass is 14.6. The lowest BCUT2D eigenvalue weighted by Crippen LogP contribution is -2.13. The first-order valence-electron chi connectivity index (χ1n) is 11.9. The Labute approximate surface area is 162 Å². The molecule has 2 unspecified atom stereocenters. The Balaban J connectivity index is 1.24. The molecular formula is C26H40. The van der Waals surface area contributed by atoms with Gasteiger partial charge in [0.25, 0.3) is 0 Å². The fourth-order valence-corrected chi connectivity index (χ4v) is 6.52. The van der Waals surface area contributed by atoms with Crippen molar-refractivity contribution >= 4 is 0 Å². The summed E-state index contributed by atoms with van der Waals surface area (Å²) < 4.78 is 0. The monoisotopic (exact) mass is 352 g/mol. The summed E-state index contributed by atoms with van der Waals surface area (Å²) in [5.41, 5.74) is 3.28. The molecule has 3 aliphatic rings. The fraction of sp³-hybridized carbons (Fsp3) is 0.769. The Bertz CT molecular complexity index is 536. The van der Waals surface area contributed by atoms with Crippen molar-refractivity contribution in [3.8, 4) is 0 Å². The van der Waals surface area contributed by atoms with Crippen molar-refractivity contribution in [3.63, 3.8) is 0 Å². The Morgan fingerprint density at radius 2 is 1.31 bits per heavy atom. The number of hydrogen-bond donors (Lipinski definition) is 0. The fourth-order valence-electron chi connectivity index (χ4n) is 6.52. The molecule has 26 heavy (non-hydrogen) atoms. The zero-order valence-corrected chi connectivity index (χ0v) is 17.3. The van der Waals surface area contributed by atoms with E-state index in [1.165, 1.54) is 77.0 Å². The largest absolute Gasteiger partial charge is 0.0654 e. The summed E-state index contributed by atoms with van der Waals surface area (Å²) in [6.07, 6.45) is 17.4. The predicted octanol–water partition coefficient (Wildman–Crippen LogP) is 8.08. The van der Waals surface area contributed by atoms with Crippen LogP contribution in [0.15, 0.2) is 24.3 Å². The zero-order valence-electron chi connectivity index (χ0n) is 17.3. The van der Waals surface area contributed by atoms with E-state index in [1.807, 2.05) is 0 Å². The van der Waals surface area contributed by atoms with Crippen molar-refractivity contribution in [2.75, 3.05) is 0 Å². The summed E-state index contributed by atoms with van der Waals surface area (Å²) in [7, 11) is 0. The molecule has 0 spiro atoms. The molecule has 1 aromatic carbocycles. The summed E-state index contributed by atoms with van der Waals surface area (Å²) >= 11 is 0. The third-order valence-corrected chi connectivity index (χ3v) is 8.19. The first-order valence-corrected chi connectivity index (χ1v) is 11.9. The van der Waals surface area contributed by atoms with Gasteiger partial charge in [-0.1, -0.05) is 76.6 Å². The molecule has 144 valence electrons. The summed E-state index contributed by atoms with van der Waals surface area (Å²) in [5.74, 6) is 6.02. The van der Waals surface area contributed by atoms with Crippen LogP contribution in [0.25, 0.3) is 0 Å². The molecule has 0 heterocycles. The van der Waals surface area contributed by atoms with Crippen LogP contribution >= 0.6 is 0 Å². The molecule has 3 saturated carbocycles. The molecule has 0 aromatic heterocycles. The molecular weight excluding hydrogens is 312 g/mol. The van der Waals surface area contributed by atoms with Crippen LogP contribution < -0.4 is 0 Å². The van der Waals surface area contributed by atoms with E-state index in [0.29, 0.717) is 0 Å². The molecule has 1 aromatic rings. The van der Waals surface area contributed by atoms with E-state index in [9.17, 15) is 0 Å². The van der Waals surface area contributed by atoms with Crippen molar-refractivity contribution in [3.05, 3.63) is 35.4 Å². The summed E-state index contributed by atoms with van der Waals surface area (Å²) in [6, 6.07) is 9.97. The van der Waals surface area contributed by atoms with E-state index in [4.69, 9.17) is 0 Å². The highest BCUT2D eigenvalue weighted by molar-refractivity contribution is 5.30. The van der Waals surface area contributed by atoms with Crippen molar-refractivity contribution in [1.82, 2.24) is 0 Å². The third-order valence-electron chi connectivity index (χ3n) is 8.19. The highest BCUT2D eigenvalue weighted by Gasteiger charge is 2.54. The van der Waals surface area contributed by atoms with Crippen LogP contribution in [0.2, 0.25) is 0 Å². The lowest BCUT2D eigenvalue weighted by Gasteiger charge is -2.29. The maximum atomic E-state index is 2.49. The van der Waals surface area contributed by atoms with Gasteiger partial charge in [-0.2, -0.15) is 0 Å². The standard InChI is InChI=1S/C26H40/c1-3-5-6-8-19-9-11-20(12-10-19)21-13-15-22(16-14-21)23-17-25-24(7-4-2)26(25)18-23/h13-16,19-20,23-26H,3-12,17-18H2,1-2H3. The quantitative estimate of drug-likeness (QED) is 0.415. The third kappa shape index (κ3) is 4.05. The van der Waals surface area contributed by atoms with Crippen molar-refractivity contribution in [1.29, 1.82) is 0 Å². The van der Waals surface area contributed by atoms with Crippen LogP contribution in [0.4, 0.5) is 0 Å². The minimum absolute atomic E-state index is 0.845. The van der Waals surface area contributed by atoms with Gasteiger partial charge in [-0.15, -0.1) is 0 Å². The number of hydrogen-bond acceptors (Lipinski definition) is 0. The molecule has 0 saturated heterocycles. The molecule has 0 amide bonds. The minimum atomic E-state index is 0.845. The van der Waals surface area contributed by atoms with Crippen molar-refractivity contribution in [2.45, 2.75) is 103 Å². The van der Waals surface area contributed by atoms with Gasteiger partial charge in [0.1, 0.15) is 0 Å². The van der Waals surface area contributed by atoms with Crippen LogP contribution in [0.5, 0.6) is 0 Å². The second kappa shape index (κ2) is 8.49. The molecule has 4 rings (SSSR count). The summed E-state index contributed by atoms with van der Waals surface area (Å²) in [6.45, 7) is 4.67. The van der Waals surface area contributed by atoms with Crippen molar-refractivity contribution in [2.24, 2.45) is 23.7 Å².